The van der Waals surface area contributed by atoms with Crippen LogP contribution in [0.1, 0.15) is 11.1 Å². The largest absolute Gasteiger partial charge is 0.309 e. The van der Waals surface area contributed by atoms with Gasteiger partial charge in [-0.1, -0.05) is 91.0 Å². The Morgan fingerprint density at radius 2 is 1.02 bits per heavy atom. The first kappa shape index (κ1) is 23.8. The number of fused-ring (bicyclic) bond motifs is 7. The lowest BCUT2D eigenvalue weighted by atomic mass is 10.1. The number of nitrogens with zero attached hydrogens (tertiary/aromatic N) is 4. The number of hydrogen-bond donors (Lipinski definition) is 0. The Labute approximate surface area is 242 Å². The molecule has 0 aliphatic heterocycles. The second-order valence-electron chi connectivity index (χ2n) is 10.4. The monoisotopic (exact) mass is 534 g/mol. The molecule has 0 saturated carbocycles. The zero-order valence-corrected chi connectivity index (χ0v) is 22.5. The van der Waals surface area contributed by atoms with Crippen LogP contribution in [-0.2, 0) is 0 Å². The SMILES string of the molecule is N#Cc1cccc(C#N)c1-n1c2ccccc2c2ccc3c(c4ccccc4n3-c3ccc(-c4ccccc4)cc3)c21. The van der Waals surface area contributed by atoms with Crippen molar-refractivity contribution >= 4 is 43.6 Å². The van der Waals surface area contributed by atoms with Crippen LogP contribution in [0.5, 0.6) is 0 Å². The third kappa shape index (κ3) is 3.33. The van der Waals surface area contributed by atoms with Crippen molar-refractivity contribution in [2.24, 2.45) is 0 Å². The minimum Gasteiger partial charge on any atom is -0.309 e. The van der Waals surface area contributed by atoms with E-state index in [1.165, 1.54) is 11.1 Å². The van der Waals surface area contributed by atoms with E-state index in [-0.39, 0.29) is 0 Å². The lowest BCUT2D eigenvalue weighted by Crippen LogP contribution is -2.01. The summed E-state index contributed by atoms with van der Waals surface area (Å²) in [5, 5.41) is 24.7. The van der Waals surface area contributed by atoms with E-state index in [2.05, 4.69) is 118 Å². The highest BCUT2D eigenvalue weighted by atomic mass is 15.0. The number of rotatable bonds is 3. The van der Waals surface area contributed by atoms with Gasteiger partial charge in [0.1, 0.15) is 12.1 Å². The van der Waals surface area contributed by atoms with Crippen molar-refractivity contribution in [3.05, 3.63) is 145 Å². The van der Waals surface area contributed by atoms with Crippen LogP contribution in [0.2, 0.25) is 0 Å². The Hall–Kier alpha value is -6.10. The Morgan fingerprint density at radius 3 is 1.71 bits per heavy atom. The van der Waals surface area contributed by atoms with Gasteiger partial charge in [-0.05, 0) is 53.6 Å². The minimum absolute atomic E-state index is 0.467. The molecule has 42 heavy (non-hydrogen) atoms. The zero-order chi connectivity index (χ0) is 28.2. The van der Waals surface area contributed by atoms with Gasteiger partial charge in [0.05, 0.1) is 38.9 Å². The van der Waals surface area contributed by atoms with Gasteiger partial charge in [-0.2, -0.15) is 10.5 Å². The first-order chi connectivity index (χ1) is 20.8. The summed E-state index contributed by atoms with van der Waals surface area (Å²) in [4.78, 5) is 0. The number of nitriles is 2. The fraction of sp³-hybridized carbons (Fsp3) is 0. The Bertz CT molecular complexity index is 2380. The van der Waals surface area contributed by atoms with Crippen LogP contribution in [0.15, 0.2) is 133 Å². The summed E-state index contributed by atoms with van der Waals surface area (Å²) in [6.45, 7) is 0. The molecular weight excluding hydrogens is 512 g/mol. The molecular formula is C38H22N4. The lowest BCUT2D eigenvalue weighted by molar-refractivity contribution is 1.16. The number of aromatic nitrogens is 2. The molecule has 2 heterocycles. The average Bonchev–Trinajstić information content (AvgIpc) is 3.57. The van der Waals surface area contributed by atoms with Gasteiger partial charge in [0.2, 0.25) is 0 Å². The molecule has 4 nitrogen and oxygen atoms in total. The molecule has 8 aromatic rings. The van der Waals surface area contributed by atoms with Crippen LogP contribution in [0.4, 0.5) is 0 Å². The van der Waals surface area contributed by atoms with Gasteiger partial charge in [-0.15, -0.1) is 0 Å². The molecule has 0 saturated heterocycles. The highest BCUT2D eigenvalue weighted by molar-refractivity contribution is 6.26. The Balaban J connectivity index is 1.52. The zero-order valence-electron chi connectivity index (χ0n) is 22.5. The topological polar surface area (TPSA) is 57.4 Å². The fourth-order valence-corrected chi connectivity index (χ4v) is 6.42. The van der Waals surface area contributed by atoms with Crippen molar-refractivity contribution in [2.45, 2.75) is 0 Å². The van der Waals surface area contributed by atoms with Crippen molar-refractivity contribution in [2.75, 3.05) is 0 Å². The van der Waals surface area contributed by atoms with Gasteiger partial charge in [0.15, 0.2) is 0 Å². The summed E-state index contributed by atoms with van der Waals surface area (Å²) in [6.07, 6.45) is 0. The molecule has 4 heteroatoms. The van der Waals surface area contributed by atoms with Crippen molar-refractivity contribution in [1.29, 1.82) is 10.5 Å². The van der Waals surface area contributed by atoms with Crippen LogP contribution in [0.3, 0.4) is 0 Å². The molecule has 0 bridgehead atoms. The summed E-state index contributed by atoms with van der Waals surface area (Å²) in [7, 11) is 0. The summed E-state index contributed by atoms with van der Waals surface area (Å²) in [6, 6.07) is 50.2. The van der Waals surface area contributed by atoms with E-state index in [9.17, 15) is 10.5 Å². The van der Waals surface area contributed by atoms with E-state index < -0.39 is 0 Å². The van der Waals surface area contributed by atoms with E-state index in [1.807, 2.05) is 18.2 Å². The minimum atomic E-state index is 0.467. The summed E-state index contributed by atoms with van der Waals surface area (Å²) >= 11 is 0. The maximum Gasteiger partial charge on any atom is 0.101 e. The highest BCUT2D eigenvalue weighted by Crippen LogP contribution is 2.42. The van der Waals surface area contributed by atoms with Crippen LogP contribution in [0.25, 0.3) is 66.1 Å². The molecule has 0 radical (unpaired) electrons. The van der Waals surface area contributed by atoms with Crippen LogP contribution in [-0.4, -0.2) is 9.13 Å². The first-order valence-electron chi connectivity index (χ1n) is 13.8. The quantitative estimate of drug-likeness (QED) is 0.227. The van der Waals surface area contributed by atoms with Crippen molar-refractivity contribution in [1.82, 2.24) is 9.13 Å². The predicted octanol–water partition coefficient (Wildman–Crippen LogP) is 9.29. The molecule has 6 aromatic carbocycles. The van der Waals surface area contributed by atoms with Crippen molar-refractivity contribution in [3.63, 3.8) is 0 Å². The Kier molecular flexibility index (Phi) is 5.22. The fourth-order valence-electron chi connectivity index (χ4n) is 6.42. The third-order valence-electron chi connectivity index (χ3n) is 8.20. The van der Waals surface area contributed by atoms with E-state index in [0.717, 1.165) is 49.3 Å². The van der Waals surface area contributed by atoms with Crippen molar-refractivity contribution < 1.29 is 0 Å². The molecule has 0 atom stereocenters. The van der Waals surface area contributed by atoms with E-state index >= 15 is 0 Å². The second kappa shape index (κ2) is 9.24. The van der Waals surface area contributed by atoms with E-state index in [4.69, 9.17) is 0 Å². The van der Waals surface area contributed by atoms with Gasteiger partial charge in [-0.25, -0.2) is 0 Å². The molecule has 0 unspecified atom stereocenters. The first-order valence-corrected chi connectivity index (χ1v) is 13.8. The highest BCUT2D eigenvalue weighted by Gasteiger charge is 2.23. The molecule has 0 amide bonds. The Morgan fingerprint density at radius 1 is 0.429 bits per heavy atom. The van der Waals surface area contributed by atoms with Crippen LogP contribution >= 0.6 is 0 Å². The maximum atomic E-state index is 10.1. The molecule has 0 fully saturated rings. The molecule has 0 spiro atoms. The van der Waals surface area contributed by atoms with Crippen LogP contribution < -0.4 is 0 Å². The molecule has 0 aliphatic rings. The van der Waals surface area contributed by atoms with Gasteiger partial charge < -0.3 is 9.13 Å². The average molecular weight is 535 g/mol. The lowest BCUT2D eigenvalue weighted by Gasteiger charge is -2.13. The third-order valence-corrected chi connectivity index (χ3v) is 8.20. The van der Waals surface area contributed by atoms with Gasteiger partial charge >= 0.3 is 0 Å². The molecule has 0 N–H and O–H groups in total. The molecule has 194 valence electrons. The molecule has 8 rings (SSSR count). The van der Waals surface area contributed by atoms with E-state index in [0.29, 0.717) is 16.8 Å². The summed E-state index contributed by atoms with van der Waals surface area (Å²) in [5.41, 5.74) is 9.08. The normalized spacial score (nSPS) is 11.3. The second-order valence-corrected chi connectivity index (χ2v) is 10.4. The summed E-state index contributed by atoms with van der Waals surface area (Å²) < 4.78 is 4.43. The predicted molar refractivity (Wildman–Crippen MR) is 170 cm³/mol. The van der Waals surface area contributed by atoms with Gasteiger partial charge in [0.25, 0.3) is 0 Å². The number of para-hydroxylation sites is 3. The van der Waals surface area contributed by atoms with E-state index in [1.54, 1.807) is 18.2 Å². The smallest absolute Gasteiger partial charge is 0.101 e. The standard InChI is InChI=1S/C38H22N4/c39-23-27-11-8-12-28(24-40)37(27)42-33-15-6-4-13-30(33)31-21-22-35-36(38(31)42)32-14-5-7-16-34(32)41(35)29-19-17-26(18-20-29)25-9-2-1-3-10-25/h1-22H. The van der Waals surface area contributed by atoms with Gasteiger partial charge in [0, 0.05) is 27.2 Å². The number of hydrogen-bond acceptors (Lipinski definition) is 2. The van der Waals surface area contributed by atoms with Gasteiger partial charge in [-0.3, -0.25) is 0 Å². The van der Waals surface area contributed by atoms with Crippen LogP contribution in [0, 0.1) is 22.7 Å². The number of benzene rings is 6. The molecule has 2 aromatic heterocycles. The summed E-state index contributed by atoms with van der Waals surface area (Å²) in [5.74, 6) is 0. The maximum absolute atomic E-state index is 10.1. The molecule has 0 aliphatic carbocycles. The van der Waals surface area contributed by atoms with Crippen molar-refractivity contribution in [3.8, 4) is 34.6 Å².